The second-order valence-electron chi connectivity index (χ2n) is 10.6. The van der Waals surface area contributed by atoms with E-state index in [0.717, 1.165) is 45.3 Å². The molecule has 0 amide bonds. The van der Waals surface area contributed by atoms with Gasteiger partial charge in [0.25, 0.3) is 0 Å². The fourth-order valence-electron chi connectivity index (χ4n) is 6.09. The number of halogens is 2. The summed E-state index contributed by atoms with van der Waals surface area (Å²) in [6.07, 6.45) is 4.44. The lowest BCUT2D eigenvalue weighted by atomic mass is 10.1. The van der Waals surface area contributed by atoms with Gasteiger partial charge in [-0.1, -0.05) is 6.07 Å². The molecule has 2 aromatic carbocycles. The average Bonchev–Trinajstić information content (AvgIpc) is 3.63. The number of para-hydroxylation sites is 1. The predicted molar refractivity (Wildman–Crippen MR) is 142 cm³/mol. The van der Waals surface area contributed by atoms with E-state index in [9.17, 15) is 4.39 Å². The fraction of sp³-hybridized carbons (Fsp3) is 0.444. The van der Waals surface area contributed by atoms with E-state index in [1.54, 1.807) is 18.2 Å². The Morgan fingerprint density at radius 3 is 2.68 bits per heavy atom. The van der Waals surface area contributed by atoms with Crippen molar-refractivity contribution >= 4 is 39.1 Å². The summed E-state index contributed by atoms with van der Waals surface area (Å²) in [6, 6.07) is 9.45. The van der Waals surface area contributed by atoms with E-state index in [4.69, 9.17) is 9.72 Å². The number of rotatable bonds is 6. The van der Waals surface area contributed by atoms with Crippen molar-refractivity contribution in [1.82, 2.24) is 30.4 Å². The lowest BCUT2D eigenvalue weighted by molar-refractivity contribution is 0.188. The Kier molecular flexibility index (Phi) is 5.77. The van der Waals surface area contributed by atoms with E-state index in [-0.39, 0.29) is 22.7 Å². The molecule has 3 saturated heterocycles. The Hall–Kier alpha value is -3.57. The summed E-state index contributed by atoms with van der Waals surface area (Å²) in [4.78, 5) is 13.8. The molecule has 3 atom stereocenters. The van der Waals surface area contributed by atoms with E-state index < -0.39 is 11.6 Å². The zero-order valence-corrected chi connectivity index (χ0v) is 21.2. The minimum absolute atomic E-state index is 0.182. The number of nitrogens with zero attached hydrogens (tertiary/aromatic N) is 5. The van der Waals surface area contributed by atoms with Gasteiger partial charge in [-0.05, 0) is 63.5 Å². The average molecular weight is 521 g/mol. The van der Waals surface area contributed by atoms with Crippen molar-refractivity contribution in [3.8, 4) is 6.01 Å². The summed E-state index contributed by atoms with van der Waals surface area (Å²) < 4.78 is 36.3. The van der Waals surface area contributed by atoms with Gasteiger partial charge in [0.15, 0.2) is 11.6 Å². The number of nitrogens with one attached hydrogen (secondary N) is 3. The van der Waals surface area contributed by atoms with Crippen molar-refractivity contribution in [1.29, 1.82) is 0 Å². The normalized spacial score (nSPS) is 23.6. The van der Waals surface area contributed by atoms with Crippen LogP contribution in [0.5, 0.6) is 6.01 Å². The first-order chi connectivity index (χ1) is 18.5. The maximum Gasteiger partial charge on any atom is 0.319 e. The van der Waals surface area contributed by atoms with E-state index in [0.29, 0.717) is 47.1 Å². The van der Waals surface area contributed by atoms with Crippen LogP contribution < -0.4 is 20.3 Å². The fourth-order valence-corrected chi connectivity index (χ4v) is 6.09. The first-order valence-corrected chi connectivity index (χ1v) is 13.3. The van der Waals surface area contributed by atoms with Crippen LogP contribution in [0.4, 0.5) is 26.1 Å². The minimum Gasteiger partial charge on any atom is -0.462 e. The van der Waals surface area contributed by atoms with Crippen molar-refractivity contribution in [2.75, 3.05) is 43.5 Å². The van der Waals surface area contributed by atoms with Crippen molar-refractivity contribution in [3.63, 3.8) is 0 Å². The second kappa shape index (κ2) is 9.32. The number of aromatic nitrogens is 4. The van der Waals surface area contributed by atoms with Crippen LogP contribution in [0.3, 0.4) is 0 Å². The quantitative estimate of drug-likeness (QED) is 0.352. The Labute approximate surface area is 218 Å². The molecule has 4 aromatic rings. The van der Waals surface area contributed by atoms with E-state index in [1.807, 2.05) is 6.07 Å². The summed E-state index contributed by atoms with van der Waals surface area (Å²) >= 11 is 0. The summed E-state index contributed by atoms with van der Waals surface area (Å²) in [5, 5.41) is 14.7. The summed E-state index contributed by atoms with van der Waals surface area (Å²) in [7, 11) is 2.09. The molecule has 2 bridgehead atoms. The van der Waals surface area contributed by atoms with Crippen molar-refractivity contribution in [3.05, 3.63) is 42.0 Å². The maximum absolute atomic E-state index is 16.1. The second-order valence-corrected chi connectivity index (χ2v) is 10.6. The molecule has 3 unspecified atom stereocenters. The Bertz CT molecular complexity index is 1500. The third kappa shape index (κ3) is 4.10. The Morgan fingerprint density at radius 2 is 1.89 bits per heavy atom. The number of H-pyrrole nitrogens is 1. The molecule has 3 aliphatic heterocycles. The highest BCUT2D eigenvalue weighted by molar-refractivity contribution is 5.95. The van der Waals surface area contributed by atoms with Gasteiger partial charge in [-0.25, -0.2) is 8.78 Å². The number of hydrogen-bond acceptors (Lipinski definition) is 8. The van der Waals surface area contributed by atoms with Gasteiger partial charge in [0.05, 0.1) is 5.69 Å². The van der Waals surface area contributed by atoms with E-state index in [1.165, 1.54) is 6.07 Å². The number of aromatic amines is 1. The molecular weight excluding hydrogens is 490 g/mol. The number of piperazine rings is 1. The van der Waals surface area contributed by atoms with Gasteiger partial charge in [-0.2, -0.15) is 15.1 Å². The van der Waals surface area contributed by atoms with Crippen LogP contribution in [-0.2, 0) is 0 Å². The number of fused-ring (bicyclic) bond motifs is 4. The molecule has 3 fully saturated rings. The van der Waals surface area contributed by atoms with Crippen molar-refractivity contribution in [2.24, 2.45) is 0 Å². The lowest BCUT2D eigenvalue weighted by Gasteiger charge is -2.34. The van der Waals surface area contributed by atoms with Crippen molar-refractivity contribution in [2.45, 2.75) is 43.8 Å². The molecule has 198 valence electrons. The van der Waals surface area contributed by atoms with Crippen molar-refractivity contribution < 1.29 is 13.5 Å². The molecule has 11 heteroatoms. The number of likely N-dealkylation sites (N-methyl/N-ethyl adjacent to an activating group) is 1. The van der Waals surface area contributed by atoms with Crippen LogP contribution in [0.1, 0.15) is 25.7 Å². The molecule has 5 heterocycles. The van der Waals surface area contributed by atoms with Gasteiger partial charge < -0.3 is 25.2 Å². The standard InChI is InChI=1S/C27H30F2N8O/c1-36-11-3-4-17(36)14-38-27-32-24-19(26(33-27)37-12-15-7-8-16(13-37)30-15)9-10-21(22(24)29)31-25-18-5-2-6-20(28)23(18)34-35-25/h2,5-6,9-10,15-17,30H,3-4,7-8,11-14H2,1H3,(H2,31,34,35). The molecule has 2 aromatic heterocycles. The van der Waals surface area contributed by atoms with Crippen LogP contribution in [0.15, 0.2) is 30.3 Å². The number of likely N-dealkylation sites (tertiary alicyclic amines) is 1. The lowest BCUT2D eigenvalue weighted by Crippen LogP contribution is -2.51. The Balaban J connectivity index is 1.27. The first kappa shape index (κ1) is 23.5. The van der Waals surface area contributed by atoms with Gasteiger partial charge in [0.1, 0.15) is 29.3 Å². The highest BCUT2D eigenvalue weighted by Crippen LogP contribution is 2.35. The molecule has 3 aliphatic rings. The van der Waals surface area contributed by atoms with Gasteiger partial charge in [-0.15, -0.1) is 0 Å². The topological polar surface area (TPSA) is 94.2 Å². The summed E-state index contributed by atoms with van der Waals surface area (Å²) in [5.74, 6) is 0.0890. The molecule has 9 nitrogen and oxygen atoms in total. The third-order valence-electron chi connectivity index (χ3n) is 8.16. The van der Waals surface area contributed by atoms with Gasteiger partial charge >= 0.3 is 6.01 Å². The molecule has 0 aliphatic carbocycles. The SMILES string of the molecule is CN1CCCC1COc1nc(N2CC3CCC(C2)N3)c2ccc(Nc3n[nH]c4c(F)cccc34)c(F)c2n1. The summed E-state index contributed by atoms with van der Waals surface area (Å²) in [5.41, 5.74) is 0.648. The van der Waals surface area contributed by atoms with Crippen LogP contribution in [0.2, 0.25) is 0 Å². The largest absolute Gasteiger partial charge is 0.462 e. The van der Waals surface area contributed by atoms with Gasteiger partial charge in [0, 0.05) is 42.0 Å². The minimum atomic E-state index is -0.528. The Morgan fingerprint density at radius 1 is 1.05 bits per heavy atom. The highest BCUT2D eigenvalue weighted by Gasteiger charge is 2.34. The zero-order chi connectivity index (χ0) is 25.8. The monoisotopic (exact) mass is 520 g/mol. The number of hydrogen-bond donors (Lipinski definition) is 3. The molecular formula is C27H30F2N8O. The molecule has 38 heavy (non-hydrogen) atoms. The van der Waals surface area contributed by atoms with Crippen LogP contribution >= 0.6 is 0 Å². The molecule has 3 N–H and O–H groups in total. The smallest absolute Gasteiger partial charge is 0.319 e. The number of anilines is 3. The van der Waals surface area contributed by atoms with Crippen LogP contribution in [0, 0.1) is 11.6 Å². The maximum atomic E-state index is 16.1. The first-order valence-electron chi connectivity index (χ1n) is 13.3. The molecule has 0 radical (unpaired) electrons. The number of benzene rings is 2. The predicted octanol–water partition coefficient (Wildman–Crippen LogP) is 3.94. The summed E-state index contributed by atoms with van der Waals surface area (Å²) in [6.45, 7) is 3.11. The van der Waals surface area contributed by atoms with E-state index in [2.05, 4.69) is 42.7 Å². The van der Waals surface area contributed by atoms with Gasteiger partial charge in [-0.3, -0.25) is 5.10 Å². The highest BCUT2D eigenvalue weighted by atomic mass is 19.1. The molecule has 7 rings (SSSR count). The van der Waals surface area contributed by atoms with Crippen LogP contribution in [0.25, 0.3) is 21.8 Å². The third-order valence-corrected chi connectivity index (χ3v) is 8.16. The van der Waals surface area contributed by atoms with Gasteiger partial charge in [0.2, 0.25) is 0 Å². The van der Waals surface area contributed by atoms with E-state index >= 15 is 4.39 Å². The van der Waals surface area contributed by atoms with Crippen LogP contribution in [-0.4, -0.2) is 76.5 Å². The molecule has 0 saturated carbocycles. The molecule has 0 spiro atoms. The number of ether oxygens (including phenoxy) is 1. The zero-order valence-electron chi connectivity index (χ0n) is 21.2.